The van der Waals surface area contributed by atoms with Crippen molar-refractivity contribution < 1.29 is 9.59 Å². The van der Waals surface area contributed by atoms with Crippen LogP contribution in [0.15, 0.2) is 24.3 Å². The van der Waals surface area contributed by atoms with Crippen LogP contribution in [-0.2, 0) is 9.59 Å². The lowest BCUT2D eigenvalue weighted by atomic mass is 9.85. The average Bonchev–Trinajstić information content (AvgIpc) is 3.03. The molecule has 150 valence electrons. The van der Waals surface area contributed by atoms with Gasteiger partial charge in [0.2, 0.25) is 11.8 Å². The van der Waals surface area contributed by atoms with E-state index in [0.29, 0.717) is 36.2 Å². The highest BCUT2D eigenvalue weighted by Gasteiger charge is 2.38. The Hall–Kier alpha value is -1.30. The van der Waals surface area contributed by atoms with Crippen molar-refractivity contribution in [2.75, 3.05) is 31.6 Å². The highest BCUT2D eigenvalue weighted by Crippen LogP contribution is 2.31. The first-order valence-electron chi connectivity index (χ1n) is 9.51. The Morgan fingerprint density at radius 1 is 1.37 bits per heavy atom. The van der Waals surface area contributed by atoms with Crippen LogP contribution < -0.4 is 10.2 Å². The lowest BCUT2D eigenvalue weighted by Gasteiger charge is -2.30. The number of hydrogen-bond donors (Lipinski definition) is 1. The quantitative estimate of drug-likeness (QED) is 0.804. The third-order valence-corrected chi connectivity index (χ3v) is 6.14. The Balaban J connectivity index is 0.00000261. The standard InChI is InChI=1S/C20H28ClN3O2.ClH/c1-14(15-6-5-10-22-13-15)12-19(25)23(2)18-9-11-24(20(18)26)17-8-4-3-7-16(17)21;/h3-4,7-8,14-15,18,22H,5-6,9-13H2,1-2H3;1H. The van der Waals surface area contributed by atoms with E-state index in [1.807, 2.05) is 18.2 Å². The van der Waals surface area contributed by atoms with Gasteiger partial charge < -0.3 is 15.1 Å². The molecule has 0 aromatic heterocycles. The monoisotopic (exact) mass is 413 g/mol. The molecule has 2 saturated heterocycles. The second kappa shape index (κ2) is 9.76. The first-order valence-corrected chi connectivity index (χ1v) is 9.89. The fourth-order valence-corrected chi connectivity index (χ4v) is 4.30. The summed E-state index contributed by atoms with van der Waals surface area (Å²) in [5.41, 5.74) is 0.726. The number of likely N-dealkylation sites (N-methyl/N-ethyl adjacent to an activating group) is 1. The number of nitrogens with zero attached hydrogens (tertiary/aromatic N) is 2. The van der Waals surface area contributed by atoms with E-state index in [0.717, 1.165) is 18.8 Å². The summed E-state index contributed by atoms with van der Waals surface area (Å²) < 4.78 is 0. The van der Waals surface area contributed by atoms with Gasteiger partial charge in [0, 0.05) is 20.0 Å². The van der Waals surface area contributed by atoms with Gasteiger partial charge in [-0.15, -0.1) is 12.4 Å². The molecule has 2 fully saturated rings. The first kappa shape index (κ1) is 22.0. The summed E-state index contributed by atoms with van der Waals surface area (Å²) in [6.45, 7) is 4.80. The van der Waals surface area contributed by atoms with E-state index < -0.39 is 6.04 Å². The Kier molecular flexibility index (Phi) is 7.95. The summed E-state index contributed by atoms with van der Waals surface area (Å²) in [5.74, 6) is 0.886. The molecule has 2 amide bonds. The van der Waals surface area contributed by atoms with Crippen molar-refractivity contribution in [2.24, 2.45) is 11.8 Å². The fourth-order valence-electron chi connectivity index (χ4n) is 4.06. The predicted molar refractivity (Wildman–Crippen MR) is 112 cm³/mol. The van der Waals surface area contributed by atoms with E-state index in [1.54, 1.807) is 22.9 Å². The van der Waals surface area contributed by atoms with Crippen LogP contribution >= 0.6 is 24.0 Å². The smallest absolute Gasteiger partial charge is 0.249 e. The topological polar surface area (TPSA) is 52.7 Å². The van der Waals surface area contributed by atoms with Crippen molar-refractivity contribution in [1.82, 2.24) is 10.2 Å². The molecule has 0 radical (unpaired) electrons. The second-order valence-corrected chi connectivity index (χ2v) is 7.95. The zero-order valence-corrected chi connectivity index (χ0v) is 17.6. The molecule has 3 unspecified atom stereocenters. The lowest BCUT2D eigenvalue weighted by molar-refractivity contribution is -0.137. The van der Waals surface area contributed by atoms with Crippen LogP contribution in [0.5, 0.6) is 0 Å². The molecule has 27 heavy (non-hydrogen) atoms. The molecule has 0 bridgehead atoms. The Bertz CT molecular complexity index is 664. The summed E-state index contributed by atoms with van der Waals surface area (Å²) >= 11 is 6.23. The summed E-state index contributed by atoms with van der Waals surface area (Å²) in [4.78, 5) is 28.9. The minimum atomic E-state index is -0.393. The normalized spacial score (nSPS) is 23.7. The van der Waals surface area contributed by atoms with Crippen molar-refractivity contribution >= 4 is 41.5 Å². The van der Waals surface area contributed by atoms with E-state index in [1.165, 1.54) is 12.8 Å². The van der Waals surface area contributed by atoms with Gasteiger partial charge in [0.25, 0.3) is 0 Å². The van der Waals surface area contributed by atoms with E-state index in [-0.39, 0.29) is 24.2 Å². The molecule has 1 N–H and O–H groups in total. The molecule has 1 aromatic rings. The van der Waals surface area contributed by atoms with E-state index in [2.05, 4.69) is 12.2 Å². The molecular formula is C20H29Cl2N3O2. The molecule has 3 rings (SSSR count). The van der Waals surface area contributed by atoms with Crippen molar-refractivity contribution in [3.8, 4) is 0 Å². The van der Waals surface area contributed by atoms with Crippen LogP contribution in [0.4, 0.5) is 5.69 Å². The molecular weight excluding hydrogens is 385 g/mol. The van der Waals surface area contributed by atoms with Gasteiger partial charge >= 0.3 is 0 Å². The number of halogens is 2. The minimum absolute atomic E-state index is 0. The highest BCUT2D eigenvalue weighted by molar-refractivity contribution is 6.34. The van der Waals surface area contributed by atoms with Crippen LogP contribution in [-0.4, -0.2) is 49.4 Å². The van der Waals surface area contributed by atoms with Gasteiger partial charge in [-0.2, -0.15) is 0 Å². The fraction of sp³-hybridized carbons (Fsp3) is 0.600. The molecule has 5 nitrogen and oxygen atoms in total. The van der Waals surface area contributed by atoms with Crippen molar-refractivity contribution in [3.63, 3.8) is 0 Å². The Morgan fingerprint density at radius 3 is 2.78 bits per heavy atom. The number of piperidine rings is 1. The third kappa shape index (κ3) is 4.95. The van der Waals surface area contributed by atoms with Crippen LogP contribution in [0, 0.1) is 11.8 Å². The van der Waals surface area contributed by atoms with Gasteiger partial charge in [-0.25, -0.2) is 0 Å². The molecule has 0 spiro atoms. The molecule has 3 atom stereocenters. The second-order valence-electron chi connectivity index (χ2n) is 7.54. The Morgan fingerprint density at radius 2 is 2.11 bits per heavy atom. The number of hydrogen-bond acceptors (Lipinski definition) is 3. The molecule has 0 saturated carbocycles. The molecule has 2 aliphatic rings. The number of rotatable bonds is 5. The van der Waals surface area contributed by atoms with Gasteiger partial charge in [-0.3, -0.25) is 9.59 Å². The van der Waals surface area contributed by atoms with Crippen LogP contribution in [0.3, 0.4) is 0 Å². The largest absolute Gasteiger partial charge is 0.334 e. The number of benzene rings is 1. The van der Waals surface area contributed by atoms with Crippen molar-refractivity contribution in [2.45, 2.75) is 38.6 Å². The zero-order chi connectivity index (χ0) is 18.7. The molecule has 0 aliphatic carbocycles. The highest BCUT2D eigenvalue weighted by atomic mass is 35.5. The lowest BCUT2D eigenvalue weighted by Crippen LogP contribution is -2.44. The van der Waals surface area contributed by atoms with Gasteiger partial charge in [0.1, 0.15) is 6.04 Å². The summed E-state index contributed by atoms with van der Waals surface area (Å²) in [6, 6.07) is 6.96. The number of carbonyl (C=O) groups excluding carboxylic acids is 2. The van der Waals surface area contributed by atoms with Gasteiger partial charge in [0.05, 0.1) is 10.7 Å². The molecule has 1 aromatic carbocycles. The van der Waals surface area contributed by atoms with Crippen LogP contribution in [0.1, 0.15) is 32.6 Å². The number of anilines is 1. The maximum atomic E-state index is 12.9. The number of amides is 2. The first-order chi connectivity index (χ1) is 12.5. The van der Waals surface area contributed by atoms with Crippen LogP contribution in [0.25, 0.3) is 0 Å². The number of carbonyl (C=O) groups is 2. The Labute approximate surface area is 172 Å². The van der Waals surface area contributed by atoms with Crippen molar-refractivity contribution in [3.05, 3.63) is 29.3 Å². The molecule has 2 aliphatic heterocycles. The average molecular weight is 414 g/mol. The predicted octanol–water partition coefficient (Wildman–Crippen LogP) is 3.35. The van der Waals surface area contributed by atoms with E-state index >= 15 is 0 Å². The van der Waals surface area contributed by atoms with E-state index in [4.69, 9.17) is 11.6 Å². The number of nitrogens with one attached hydrogen (secondary N) is 1. The third-order valence-electron chi connectivity index (χ3n) is 5.82. The van der Waals surface area contributed by atoms with Crippen molar-refractivity contribution in [1.29, 1.82) is 0 Å². The van der Waals surface area contributed by atoms with Gasteiger partial charge in [0.15, 0.2) is 0 Å². The minimum Gasteiger partial charge on any atom is -0.334 e. The van der Waals surface area contributed by atoms with Gasteiger partial charge in [-0.1, -0.05) is 30.7 Å². The summed E-state index contributed by atoms with van der Waals surface area (Å²) in [5, 5.41) is 3.98. The maximum Gasteiger partial charge on any atom is 0.249 e. The van der Waals surface area contributed by atoms with Crippen LogP contribution in [0.2, 0.25) is 5.02 Å². The maximum absolute atomic E-state index is 12.9. The SMILES string of the molecule is CC(CC(=O)N(C)C1CCN(c2ccccc2Cl)C1=O)C1CCCNC1.Cl. The van der Waals surface area contributed by atoms with Gasteiger partial charge in [-0.05, 0) is 56.3 Å². The molecule has 7 heteroatoms. The van der Waals surface area contributed by atoms with E-state index in [9.17, 15) is 9.59 Å². The molecule has 2 heterocycles. The summed E-state index contributed by atoms with van der Waals surface area (Å²) in [7, 11) is 1.76. The summed E-state index contributed by atoms with van der Waals surface area (Å²) in [6.07, 6.45) is 3.49. The zero-order valence-electron chi connectivity index (χ0n) is 16.0. The number of para-hydroxylation sites is 1.